The molecule has 0 aliphatic carbocycles. The first-order valence-electron chi connectivity index (χ1n) is 5.15. The van der Waals surface area contributed by atoms with Gasteiger partial charge in [-0.15, -0.1) is 11.3 Å². The zero-order valence-electron chi connectivity index (χ0n) is 9.21. The summed E-state index contributed by atoms with van der Waals surface area (Å²) in [6.07, 6.45) is -3.57. The van der Waals surface area contributed by atoms with Gasteiger partial charge >= 0.3 is 6.18 Å². The van der Waals surface area contributed by atoms with Crippen LogP contribution in [0.25, 0.3) is 0 Å². The van der Waals surface area contributed by atoms with E-state index in [1.54, 1.807) is 11.3 Å². The van der Waals surface area contributed by atoms with Gasteiger partial charge in [0.2, 0.25) is 0 Å². The predicted molar refractivity (Wildman–Crippen MR) is 63.3 cm³/mol. The highest BCUT2D eigenvalue weighted by atomic mass is 32.1. The van der Waals surface area contributed by atoms with Crippen LogP contribution in [0, 0.1) is 6.92 Å². The molecule has 90 valence electrons. The Kier molecular flexibility index (Phi) is 3.24. The quantitative estimate of drug-likeness (QED) is 0.732. The molecule has 0 nitrogen and oxygen atoms in total. The summed E-state index contributed by atoms with van der Waals surface area (Å²) in [6.45, 7) is 2.01. The molecule has 0 fully saturated rings. The van der Waals surface area contributed by atoms with Crippen molar-refractivity contribution in [1.29, 1.82) is 0 Å². The Balaban J connectivity index is 2.13. The van der Waals surface area contributed by atoms with Crippen LogP contribution in [0.1, 0.15) is 21.6 Å². The van der Waals surface area contributed by atoms with Gasteiger partial charge in [0.15, 0.2) is 0 Å². The first-order valence-corrected chi connectivity index (χ1v) is 6.03. The molecule has 0 atom stereocenters. The molecule has 0 unspecified atom stereocenters. The van der Waals surface area contributed by atoms with E-state index in [-0.39, 0.29) is 0 Å². The van der Waals surface area contributed by atoms with E-state index >= 15 is 0 Å². The van der Waals surface area contributed by atoms with Gasteiger partial charge in [-0.25, -0.2) is 0 Å². The standard InChI is InChI=1S/C13H11F3S/c1-9-6-11(8-17-9)7-10-2-4-12(5-3-10)13(14,15)16/h2-6,8H,7H2,1H3. The van der Waals surface area contributed by atoms with E-state index in [2.05, 4.69) is 6.07 Å². The molecule has 0 N–H and O–H groups in total. The molecule has 2 rings (SSSR count). The monoisotopic (exact) mass is 256 g/mol. The van der Waals surface area contributed by atoms with Crippen molar-refractivity contribution in [3.8, 4) is 0 Å². The number of rotatable bonds is 2. The fourth-order valence-electron chi connectivity index (χ4n) is 1.64. The third-order valence-corrected chi connectivity index (χ3v) is 3.38. The molecular weight excluding hydrogens is 245 g/mol. The second-order valence-corrected chi connectivity index (χ2v) is 5.05. The highest BCUT2D eigenvalue weighted by Gasteiger charge is 2.29. The molecule has 0 saturated heterocycles. The minimum absolute atomic E-state index is 0.595. The van der Waals surface area contributed by atoms with Crippen molar-refractivity contribution >= 4 is 11.3 Å². The summed E-state index contributed by atoms with van der Waals surface area (Å²) in [5, 5.41) is 2.03. The number of halogens is 3. The lowest BCUT2D eigenvalue weighted by Crippen LogP contribution is -2.04. The molecule has 0 aliphatic rings. The van der Waals surface area contributed by atoms with Crippen LogP contribution in [-0.2, 0) is 12.6 Å². The zero-order valence-corrected chi connectivity index (χ0v) is 10.0. The topological polar surface area (TPSA) is 0 Å². The number of alkyl halides is 3. The Hall–Kier alpha value is -1.29. The van der Waals surface area contributed by atoms with Gasteiger partial charge in [0.05, 0.1) is 5.56 Å². The van der Waals surface area contributed by atoms with E-state index in [1.165, 1.54) is 17.0 Å². The average molecular weight is 256 g/mol. The summed E-state index contributed by atoms with van der Waals surface area (Å²) in [5.41, 5.74) is 1.45. The van der Waals surface area contributed by atoms with Crippen molar-refractivity contribution < 1.29 is 13.2 Å². The van der Waals surface area contributed by atoms with Gasteiger partial charge in [0.1, 0.15) is 0 Å². The highest BCUT2D eigenvalue weighted by molar-refractivity contribution is 7.10. The third-order valence-electron chi connectivity index (χ3n) is 2.47. The van der Waals surface area contributed by atoms with Crippen LogP contribution in [0.15, 0.2) is 35.7 Å². The van der Waals surface area contributed by atoms with Crippen molar-refractivity contribution in [3.05, 3.63) is 57.3 Å². The minimum atomic E-state index is -4.25. The second-order valence-electron chi connectivity index (χ2n) is 3.94. The molecule has 17 heavy (non-hydrogen) atoms. The molecule has 0 aliphatic heterocycles. The van der Waals surface area contributed by atoms with Crippen LogP contribution < -0.4 is 0 Å². The van der Waals surface area contributed by atoms with Crippen molar-refractivity contribution in [2.24, 2.45) is 0 Å². The van der Waals surface area contributed by atoms with Crippen LogP contribution >= 0.6 is 11.3 Å². The van der Waals surface area contributed by atoms with Crippen LogP contribution in [-0.4, -0.2) is 0 Å². The van der Waals surface area contributed by atoms with Gasteiger partial charge in [-0.3, -0.25) is 0 Å². The molecule has 1 heterocycles. The molecule has 2 aromatic rings. The molecule has 0 spiro atoms. The first kappa shape index (κ1) is 12.2. The smallest absolute Gasteiger partial charge is 0.166 e. The number of aryl methyl sites for hydroxylation is 1. The second kappa shape index (κ2) is 4.53. The van der Waals surface area contributed by atoms with Crippen molar-refractivity contribution in [2.45, 2.75) is 19.5 Å². The van der Waals surface area contributed by atoms with Gasteiger partial charge in [0, 0.05) is 4.88 Å². The van der Waals surface area contributed by atoms with Crippen molar-refractivity contribution in [3.63, 3.8) is 0 Å². The SMILES string of the molecule is Cc1cc(Cc2ccc(C(F)(F)F)cc2)cs1. The largest absolute Gasteiger partial charge is 0.416 e. The summed E-state index contributed by atoms with van der Waals surface area (Å²) in [7, 11) is 0. The Morgan fingerprint density at radius 2 is 1.71 bits per heavy atom. The highest BCUT2D eigenvalue weighted by Crippen LogP contribution is 2.29. The van der Waals surface area contributed by atoms with Crippen LogP contribution in [0.3, 0.4) is 0 Å². The molecule has 1 aromatic carbocycles. The average Bonchev–Trinajstić information content (AvgIpc) is 2.63. The number of hydrogen-bond donors (Lipinski definition) is 0. The normalized spacial score (nSPS) is 11.8. The van der Waals surface area contributed by atoms with Crippen LogP contribution in [0.5, 0.6) is 0 Å². The molecule has 0 bridgehead atoms. The fourth-order valence-corrected chi connectivity index (χ4v) is 2.35. The molecule has 4 heteroatoms. The fraction of sp³-hybridized carbons (Fsp3) is 0.231. The summed E-state index contributed by atoms with van der Waals surface area (Å²) in [4.78, 5) is 1.21. The van der Waals surface area contributed by atoms with Gasteiger partial charge in [0.25, 0.3) is 0 Å². The predicted octanol–water partition coefficient (Wildman–Crippen LogP) is 4.67. The Morgan fingerprint density at radius 3 is 2.18 bits per heavy atom. The molecule has 0 amide bonds. The molecular formula is C13H11F3S. The molecule has 0 radical (unpaired) electrons. The van der Waals surface area contributed by atoms with E-state index < -0.39 is 11.7 Å². The van der Waals surface area contributed by atoms with Gasteiger partial charge in [-0.05, 0) is 48.1 Å². The van der Waals surface area contributed by atoms with E-state index in [9.17, 15) is 13.2 Å². The summed E-state index contributed by atoms with van der Waals surface area (Å²) >= 11 is 1.65. The van der Waals surface area contributed by atoms with Crippen LogP contribution in [0.2, 0.25) is 0 Å². The molecule has 1 aromatic heterocycles. The Morgan fingerprint density at radius 1 is 1.06 bits per heavy atom. The summed E-state index contributed by atoms with van der Waals surface area (Å²) in [5.74, 6) is 0. The van der Waals surface area contributed by atoms with E-state index in [4.69, 9.17) is 0 Å². The van der Waals surface area contributed by atoms with Gasteiger partial charge in [-0.2, -0.15) is 13.2 Å². The lowest BCUT2D eigenvalue weighted by Gasteiger charge is -2.07. The number of hydrogen-bond acceptors (Lipinski definition) is 1. The van der Waals surface area contributed by atoms with E-state index in [0.29, 0.717) is 6.42 Å². The van der Waals surface area contributed by atoms with Gasteiger partial charge in [-0.1, -0.05) is 12.1 Å². The maximum atomic E-state index is 12.4. The maximum absolute atomic E-state index is 12.4. The zero-order chi connectivity index (χ0) is 12.5. The maximum Gasteiger partial charge on any atom is 0.416 e. The van der Waals surface area contributed by atoms with E-state index in [0.717, 1.165) is 23.3 Å². The van der Waals surface area contributed by atoms with E-state index in [1.807, 2.05) is 12.3 Å². The number of thiophene rings is 1. The number of benzene rings is 1. The summed E-state index contributed by atoms with van der Waals surface area (Å²) in [6, 6.07) is 7.40. The Labute approximate surface area is 102 Å². The molecule has 0 saturated carbocycles. The third kappa shape index (κ3) is 3.09. The van der Waals surface area contributed by atoms with Crippen molar-refractivity contribution in [1.82, 2.24) is 0 Å². The van der Waals surface area contributed by atoms with Crippen molar-refractivity contribution in [2.75, 3.05) is 0 Å². The lowest BCUT2D eigenvalue weighted by atomic mass is 10.1. The minimum Gasteiger partial charge on any atom is -0.166 e. The lowest BCUT2D eigenvalue weighted by molar-refractivity contribution is -0.137. The Bertz CT molecular complexity index is 494. The van der Waals surface area contributed by atoms with Crippen LogP contribution in [0.4, 0.5) is 13.2 Å². The van der Waals surface area contributed by atoms with Gasteiger partial charge < -0.3 is 0 Å². The summed E-state index contributed by atoms with van der Waals surface area (Å²) < 4.78 is 37.1. The first-order chi connectivity index (χ1) is 7.95.